The lowest BCUT2D eigenvalue weighted by atomic mass is 9.87. The maximum atomic E-state index is 13.5. The second-order valence-corrected chi connectivity index (χ2v) is 10.2. The Bertz CT molecular complexity index is 1030. The molecule has 1 fully saturated rings. The van der Waals surface area contributed by atoms with Crippen LogP contribution < -0.4 is 4.90 Å². The summed E-state index contributed by atoms with van der Waals surface area (Å²) in [5.74, 6) is 0.0244. The number of carbonyl (C=O) groups excluding carboxylic acids is 1. The summed E-state index contributed by atoms with van der Waals surface area (Å²) < 4.78 is 0. The fourth-order valence-electron chi connectivity index (χ4n) is 4.03. The Hall–Kier alpha value is -2.53. The van der Waals surface area contributed by atoms with Crippen molar-refractivity contribution in [3.05, 3.63) is 65.2 Å². The molecule has 1 aliphatic carbocycles. The van der Waals surface area contributed by atoms with Crippen molar-refractivity contribution in [2.75, 3.05) is 4.90 Å². The van der Waals surface area contributed by atoms with Crippen LogP contribution in [0.1, 0.15) is 67.9 Å². The molecule has 0 bridgehead atoms. The number of amides is 1. The normalized spacial score (nSPS) is 14.8. The third kappa shape index (κ3) is 4.31. The van der Waals surface area contributed by atoms with E-state index in [-0.39, 0.29) is 17.4 Å². The van der Waals surface area contributed by atoms with E-state index in [1.165, 1.54) is 16.9 Å². The monoisotopic (exact) mass is 419 g/mol. The van der Waals surface area contributed by atoms with Gasteiger partial charge < -0.3 is 0 Å². The van der Waals surface area contributed by atoms with Gasteiger partial charge in [-0.1, -0.05) is 86.9 Å². The molecule has 156 valence electrons. The van der Waals surface area contributed by atoms with E-state index in [1.807, 2.05) is 36.1 Å². The first kappa shape index (κ1) is 20.7. The Balaban J connectivity index is 1.65. The zero-order chi connectivity index (χ0) is 21.3. The highest BCUT2D eigenvalue weighted by atomic mass is 32.1. The van der Waals surface area contributed by atoms with Gasteiger partial charge in [-0.25, -0.2) is 0 Å². The van der Waals surface area contributed by atoms with E-state index in [9.17, 15) is 4.79 Å². The van der Waals surface area contributed by atoms with Gasteiger partial charge >= 0.3 is 0 Å². The van der Waals surface area contributed by atoms with E-state index >= 15 is 0 Å². The van der Waals surface area contributed by atoms with Gasteiger partial charge in [0.25, 0.3) is 5.91 Å². The number of aryl methyl sites for hydroxylation is 1. The number of rotatable bonds is 4. The van der Waals surface area contributed by atoms with Crippen LogP contribution in [-0.2, 0) is 5.41 Å². The summed E-state index contributed by atoms with van der Waals surface area (Å²) in [6, 6.07) is 16.5. The fraction of sp³-hybridized carbons (Fsp3) is 0.400. The van der Waals surface area contributed by atoms with Crippen molar-refractivity contribution >= 4 is 22.4 Å². The summed E-state index contributed by atoms with van der Waals surface area (Å²) in [6.07, 6.45) is 4.35. The molecule has 1 amide bonds. The number of hydrogen-bond donors (Lipinski definition) is 0. The molecule has 3 aromatic rings. The van der Waals surface area contributed by atoms with Crippen LogP contribution in [0.5, 0.6) is 0 Å². The van der Waals surface area contributed by atoms with Gasteiger partial charge in [0.15, 0.2) is 0 Å². The van der Waals surface area contributed by atoms with Crippen molar-refractivity contribution in [2.45, 2.75) is 64.8 Å². The quantitative estimate of drug-likeness (QED) is 0.491. The van der Waals surface area contributed by atoms with Gasteiger partial charge in [-0.05, 0) is 42.9 Å². The number of hydrogen-bond acceptors (Lipinski definition) is 4. The minimum absolute atomic E-state index is 0.0244. The Morgan fingerprint density at radius 1 is 1.03 bits per heavy atom. The number of benzene rings is 2. The molecule has 0 atom stereocenters. The average molecular weight is 420 g/mol. The highest BCUT2D eigenvalue weighted by molar-refractivity contribution is 7.18. The molecule has 1 aromatic heterocycles. The van der Waals surface area contributed by atoms with Crippen LogP contribution in [0.2, 0.25) is 0 Å². The van der Waals surface area contributed by atoms with E-state index in [0.29, 0.717) is 10.7 Å². The van der Waals surface area contributed by atoms with Gasteiger partial charge in [0.1, 0.15) is 5.01 Å². The average Bonchev–Trinajstić information content (AvgIpc) is 3.40. The second-order valence-electron chi connectivity index (χ2n) is 9.20. The lowest BCUT2D eigenvalue weighted by Gasteiger charge is -2.26. The standard InChI is InChI=1S/C25H29N3OS/c1-17-8-7-9-19(16-17)23(29)28(21-10-5-6-11-21)24-27-26-22(30-24)18-12-14-20(15-13-18)25(2,3)4/h7-9,12-16,21H,5-6,10-11H2,1-4H3. The Kier molecular flexibility index (Phi) is 5.74. The van der Waals surface area contributed by atoms with Crippen molar-refractivity contribution in [1.29, 1.82) is 0 Å². The van der Waals surface area contributed by atoms with Crippen molar-refractivity contribution in [1.82, 2.24) is 10.2 Å². The van der Waals surface area contributed by atoms with Crippen molar-refractivity contribution in [3.8, 4) is 10.6 Å². The minimum Gasteiger partial charge on any atom is -0.279 e. The van der Waals surface area contributed by atoms with Crippen LogP contribution >= 0.6 is 11.3 Å². The molecule has 0 N–H and O–H groups in total. The molecule has 2 aromatic carbocycles. The topological polar surface area (TPSA) is 46.1 Å². The number of anilines is 1. The molecular weight excluding hydrogens is 390 g/mol. The van der Waals surface area contributed by atoms with Crippen LogP contribution in [0, 0.1) is 6.92 Å². The summed E-state index contributed by atoms with van der Waals surface area (Å²) in [5.41, 5.74) is 4.25. The largest absolute Gasteiger partial charge is 0.279 e. The van der Waals surface area contributed by atoms with Gasteiger partial charge in [0.2, 0.25) is 5.13 Å². The molecule has 5 heteroatoms. The van der Waals surface area contributed by atoms with Crippen LogP contribution in [0.3, 0.4) is 0 Å². The molecule has 0 unspecified atom stereocenters. The molecule has 0 saturated heterocycles. The van der Waals surface area contributed by atoms with E-state index in [1.54, 1.807) is 0 Å². The predicted octanol–water partition coefficient (Wildman–Crippen LogP) is 6.40. The summed E-state index contributed by atoms with van der Waals surface area (Å²) in [6.45, 7) is 8.64. The van der Waals surface area contributed by atoms with Crippen molar-refractivity contribution in [2.24, 2.45) is 0 Å². The third-order valence-electron chi connectivity index (χ3n) is 5.79. The first-order chi connectivity index (χ1) is 14.3. The SMILES string of the molecule is Cc1cccc(C(=O)N(c2nnc(-c3ccc(C(C)(C)C)cc3)s2)C2CCCC2)c1. The minimum atomic E-state index is 0.0244. The highest BCUT2D eigenvalue weighted by Crippen LogP contribution is 2.35. The maximum absolute atomic E-state index is 13.5. The summed E-state index contributed by atoms with van der Waals surface area (Å²) in [7, 11) is 0. The molecule has 1 aliphatic rings. The Labute approximate surface area is 183 Å². The van der Waals surface area contributed by atoms with E-state index in [4.69, 9.17) is 0 Å². The zero-order valence-corrected chi connectivity index (χ0v) is 19.0. The van der Waals surface area contributed by atoms with Gasteiger partial charge in [0, 0.05) is 17.2 Å². The van der Waals surface area contributed by atoms with Gasteiger partial charge in [0.05, 0.1) is 0 Å². The van der Waals surface area contributed by atoms with Crippen LogP contribution in [0.4, 0.5) is 5.13 Å². The maximum Gasteiger partial charge on any atom is 0.260 e. The molecule has 4 nitrogen and oxygen atoms in total. The van der Waals surface area contributed by atoms with Gasteiger partial charge in [-0.2, -0.15) is 0 Å². The van der Waals surface area contributed by atoms with E-state index in [2.05, 4.69) is 55.2 Å². The number of aromatic nitrogens is 2. The number of nitrogens with zero attached hydrogens (tertiary/aromatic N) is 3. The van der Waals surface area contributed by atoms with Crippen molar-refractivity contribution < 1.29 is 4.79 Å². The summed E-state index contributed by atoms with van der Waals surface area (Å²) >= 11 is 1.50. The van der Waals surface area contributed by atoms with E-state index < -0.39 is 0 Å². The van der Waals surface area contributed by atoms with Gasteiger partial charge in [-0.15, -0.1) is 10.2 Å². The predicted molar refractivity (Wildman–Crippen MR) is 124 cm³/mol. The molecule has 1 saturated carbocycles. The third-order valence-corrected chi connectivity index (χ3v) is 6.76. The van der Waals surface area contributed by atoms with Crippen LogP contribution in [0.15, 0.2) is 48.5 Å². The smallest absolute Gasteiger partial charge is 0.260 e. The zero-order valence-electron chi connectivity index (χ0n) is 18.2. The first-order valence-electron chi connectivity index (χ1n) is 10.7. The number of carbonyl (C=O) groups is 1. The summed E-state index contributed by atoms with van der Waals surface area (Å²) in [5, 5.41) is 10.4. The molecule has 0 radical (unpaired) electrons. The second kappa shape index (κ2) is 8.31. The van der Waals surface area contributed by atoms with E-state index in [0.717, 1.165) is 41.8 Å². The fourth-order valence-corrected chi connectivity index (χ4v) is 4.95. The Morgan fingerprint density at radius 3 is 2.37 bits per heavy atom. The van der Waals surface area contributed by atoms with Crippen LogP contribution in [0.25, 0.3) is 10.6 Å². The van der Waals surface area contributed by atoms with Gasteiger partial charge in [-0.3, -0.25) is 9.69 Å². The first-order valence-corrected chi connectivity index (χ1v) is 11.5. The van der Waals surface area contributed by atoms with Crippen LogP contribution in [-0.4, -0.2) is 22.1 Å². The molecule has 0 aliphatic heterocycles. The molecule has 4 rings (SSSR count). The van der Waals surface area contributed by atoms with Crippen molar-refractivity contribution in [3.63, 3.8) is 0 Å². The lowest BCUT2D eigenvalue weighted by molar-refractivity contribution is 0.0976. The molecule has 30 heavy (non-hydrogen) atoms. The summed E-state index contributed by atoms with van der Waals surface area (Å²) in [4.78, 5) is 15.3. The highest BCUT2D eigenvalue weighted by Gasteiger charge is 2.31. The Morgan fingerprint density at radius 2 is 1.73 bits per heavy atom. The molecular formula is C25H29N3OS. The molecule has 0 spiro atoms. The molecule has 1 heterocycles. The lowest BCUT2D eigenvalue weighted by Crippen LogP contribution is -2.39.